The standard InChI is InChI=1S/C27H29ClFN3O3/c28-20-1-6-23-19(17-20)9-14-32(23)25-24(26(33)27(25)34)30-11-15-31-12-7-18(8-13-31)10-16-35-22-4-2-21(29)3-5-22/h1-6,17-18,30H,7-16H2. The zero-order valence-corrected chi connectivity index (χ0v) is 20.3. The van der Waals surface area contributed by atoms with Crippen LogP contribution < -0.4 is 25.8 Å². The van der Waals surface area contributed by atoms with Crippen LogP contribution in [0.15, 0.2) is 52.1 Å². The number of benzene rings is 2. The van der Waals surface area contributed by atoms with E-state index in [9.17, 15) is 14.0 Å². The van der Waals surface area contributed by atoms with Crippen molar-refractivity contribution in [2.24, 2.45) is 5.92 Å². The van der Waals surface area contributed by atoms with Crippen LogP contribution in [0.3, 0.4) is 0 Å². The summed E-state index contributed by atoms with van der Waals surface area (Å²) in [6, 6.07) is 11.8. The minimum atomic E-state index is -0.428. The number of nitrogens with zero attached hydrogens (tertiary/aromatic N) is 2. The molecule has 3 aromatic carbocycles. The number of fused-ring (bicyclic) bond motifs is 1. The summed E-state index contributed by atoms with van der Waals surface area (Å²) in [7, 11) is 0. The van der Waals surface area contributed by atoms with Crippen LogP contribution in [0.1, 0.15) is 24.8 Å². The summed E-state index contributed by atoms with van der Waals surface area (Å²) in [6.45, 7) is 4.76. The van der Waals surface area contributed by atoms with Crippen molar-refractivity contribution in [1.82, 2.24) is 4.90 Å². The largest absolute Gasteiger partial charge is 0.494 e. The second kappa shape index (κ2) is 10.4. The number of hydrogen-bond donors (Lipinski definition) is 1. The van der Waals surface area contributed by atoms with Gasteiger partial charge in [0, 0.05) is 30.3 Å². The van der Waals surface area contributed by atoms with Crippen LogP contribution >= 0.6 is 11.6 Å². The highest BCUT2D eigenvalue weighted by Crippen LogP contribution is 2.37. The van der Waals surface area contributed by atoms with Gasteiger partial charge < -0.3 is 19.9 Å². The van der Waals surface area contributed by atoms with Crippen molar-refractivity contribution in [2.45, 2.75) is 25.7 Å². The zero-order chi connectivity index (χ0) is 24.4. The highest BCUT2D eigenvalue weighted by Gasteiger charge is 2.31. The molecular formula is C27H29ClFN3O3. The Labute approximate surface area is 209 Å². The third-order valence-electron chi connectivity index (χ3n) is 7.14. The van der Waals surface area contributed by atoms with E-state index < -0.39 is 10.9 Å². The van der Waals surface area contributed by atoms with Crippen molar-refractivity contribution < 1.29 is 9.13 Å². The molecule has 2 heterocycles. The molecule has 0 amide bonds. The molecule has 1 fully saturated rings. The van der Waals surface area contributed by atoms with Gasteiger partial charge in [-0.1, -0.05) is 11.6 Å². The first-order valence-corrected chi connectivity index (χ1v) is 12.6. The second-order valence-corrected chi connectivity index (χ2v) is 9.80. The van der Waals surface area contributed by atoms with E-state index in [4.69, 9.17) is 16.3 Å². The van der Waals surface area contributed by atoms with Gasteiger partial charge in [0.15, 0.2) is 0 Å². The highest BCUT2D eigenvalue weighted by molar-refractivity contribution is 6.30. The van der Waals surface area contributed by atoms with Crippen molar-refractivity contribution in [3.8, 4) is 5.75 Å². The maximum absolute atomic E-state index is 13.0. The van der Waals surface area contributed by atoms with Gasteiger partial charge in [-0.15, -0.1) is 0 Å². The Bertz CT molecular complexity index is 1250. The molecule has 2 aliphatic rings. The minimum Gasteiger partial charge on any atom is -0.494 e. The van der Waals surface area contributed by atoms with E-state index in [1.165, 1.54) is 12.1 Å². The first-order chi connectivity index (χ1) is 17.0. The molecule has 2 aliphatic heterocycles. The smallest absolute Gasteiger partial charge is 0.253 e. The molecule has 0 unspecified atom stereocenters. The number of hydrogen-bond acceptors (Lipinski definition) is 6. The van der Waals surface area contributed by atoms with E-state index in [0.29, 0.717) is 47.8 Å². The summed E-state index contributed by atoms with van der Waals surface area (Å²) in [6.07, 6.45) is 3.99. The number of piperidine rings is 1. The molecule has 0 atom stereocenters. The van der Waals surface area contributed by atoms with Gasteiger partial charge >= 0.3 is 0 Å². The van der Waals surface area contributed by atoms with Crippen LogP contribution in [0.5, 0.6) is 5.75 Å². The van der Waals surface area contributed by atoms with Crippen molar-refractivity contribution in [2.75, 3.05) is 49.5 Å². The molecule has 1 N–H and O–H groups in total. The summed E-state index contributed by atoms with van der Waals surface area (Å²) >= 11 is 6.10. The van der Waals surface area contributed by atoms with Crippen LogP contribution in [-0.2, 0) is 6.42 Å². The Hall–Kier alpha value is -2.90. The summed E-state index contributed by atoms with van der Waals surface area (Å²) in [5.74, 6) is 1.06. The molecule has 5 rings (SSSR count). The quantitative estimate of drug-likeness (QED) is 0.443. The summed E-state index contributed by atoms with van der Waals surface area (Å²) < 4.78 is 18.7. The van der Waals surface area contributed by atoms with Crippen LogP contribution in [-0.4, -0.2) is 44.2 Å². The average Bonchev–Trinajstić information content (AvgIpc) is 3.27. The van der Waals surface area contributed by atoms with Gasteiger partial charge in [-0.2, -0.15) is 0 Å². The molecule has 3 aromatic rings. The lowest BCUT2D eigenvalue weighted by molar-refractivity contribution is 0.167. The lowest BCUT2D eigenvalue weighted by atomic mass is 9.94. The van der Waals surface area contributed by atoms with Crippen molar-refractivity contribution >= 4 is 28.7 Å². The molecule has 8 heteroatoms. The first kappa shape index (κ1) is 23.8. The number of ether oxygens (including phenoxy) is 1. The number of likely N-dealkylation sites (tertiary alicyclic amines) is 1. The molecule has 0 saturated carbocycles. The van der Waals surface area contributed by atoms with E-state index >= 15 is 0 Å². The Morgan fingerprint density at radius 3 is 2.57 bits per heavy atom. The normalized spacial score (nSPS) is 16.6. The average molecular weight is 498 g/mol. The maximum Gasteiger partial charge on any atom is 0.253 e. The lowest BCUT2D eigenvalue weighted by Gasteiger charge is -2.32. The fraction of sp³-hybridized carbons (Fsp3) is 0.407. The maximum atomic E-state index is 13.0. The fourth-order valence-corrected chi connectivity index (χ4v) is 5.31. The molecule has 0 aliphatic carbocycles. The van der Waals surface area contributed by atoms with Crippen molar-refractivity contribution in [3.05, 3.63) is 79.3 Å². The predicted molar refractivity (Wildman–Crippen MR) is 138 cm³/mol. The third-order valence-corrected chi connectivity index (χ3v) is 7.37. The Morgan fingerprint density at radius 2 is 1.80 bits per heavy atom. The number of rotatable bonds is 9. The Morgan fingerprint density at radius 1 is 1.03 bits per heavy atom. The molecule has 0 spiro atoms. The van der Waals surface area contributed by atoms with Crippen LogP contribution in [0.4, 0.5) is 21.5 Å². The van der Waals surface area contributed by atoms with Gasteiger partial charge in [0.1, 0.15) is 22.9 Å². The van der Waals surface area contributed by atoms with Gasteiger partial charge in [0.25, 0.3) is 10.9 Å². The summed E-state index contributed by atoms with van der Waals surface area (Å²) in [4.78, 5) is 29.0. The fourth-order valence-electron chi connectivity index (χ4n) is 5.12. The molecular weight excluding hydrogens is 469 g/mol. The van der Waals surface area contributed by atoms with E-state index in [1.54, 1.807) is 12.1 Å². The molecule has 0 radical (unpaired) electrons. The van der Waals surface area contributed by atoms with Gasteiger partial charge in [-0.3, -0.25) is 9.59 Å². The molecule has 0 bridgehead atoms. The molecule has 184 valence electrons. The van der Waals surface area contributed by atoms with E-state index in [1.807, 2.05) is 23.1 Å². The van der Waals surface area contributed by atoms with Crippen LogP contribution in [0, 0.1) is 11.7 Å². The van der Waals surface area contributed by atoms with E-state index in [-0.39, 0.29) is 5.82 Å². The van der Waals surface area contributed by atoms with E-state index in [2.05, 4.69) is 10.2 Å². The number of halogens is 2. The molecule has 6 nitrogen and oxygen atoms in total. The summed E-state index contributed by atoms with van der Waals surface area (Å²) in [5, 5.41) is 3.92. The molecule has 1 saturated heterocycles. The van der Waals surface area contributed by atoms with Crippen molar-refractivity contribution in [3.63, 3.8) is 0 Å². The molecule has 35 heavy (non-hydrogen) atoms. The topological polar surface area (TPSA) is 61.9 Å². The van der Waals surface area contributed by atoms with Crippen LogP contribution in [0.25, 0.3) is 0 Å². The van der Waals surface area contributed by atoms with Gasteiger partial charge in [-0.25, -0.2) is 4.39 Å². The Kier molecular flexibility index (Phi) is 7.07. The minimum absolute atomic E-state index is 0.258. The second-order valence-electron chi connectivity index (χ2n) is 9.36. The SMILES string of the molecule is O=c1c(NCCN2CCC(CCOc3ccc(F)cc3)CC2)c(N2CCc3cc(Cl)ccc32)c1=O. The highest BCUT2D eigenvalue weighted by atomic mass is 35.5. The van der Waals surface area contributed by atoms with Crippen LogP contribution in [0.2, 0.25) is 5.02 Å². The van der Waals surface area contributed by atoms with Gasteiger partial charge in [0.2, 0.25) is 0 Å². The number of nitrogens with one attached hydrogen (secondary N) is 1. The van der Waals surface area contributed by atoms with Gasteiger partial charge in [0.05, 0.1) is 6.61 Å². The zero-order valence-electron chi connectivity index (χ0n) is 19.6. The first-order valence-electron chi connectivity index (χ1n) is 12.2. The van der Waals surface area contributed by atoms with Gasteiger partial charge in [-0.05, 0) is 92.7 Å². The molecule has 0 aromatic heterocycles. The van der Waals surface area contributed by atoms with E-state index in [0.717, 1.165) is 56.6 Å². The van der Waals surface area contributed by atoms with Crippen molar-refractivity contribution in [1.29, 1.82) is 0 Å². The number of anilines is 3. The summed E-state index contributed by atoms with van der Waals surface area (Å²) in [5.41, 5.74) is 2.13. The monoisotopic (exact) mass is 497 g/mol. The lowest BCUT2D eigenvalue weighted by Crippen LogP contribution is -2.42. The Balaban J connectivity index is 1.07. The predicted octanol–water partition coefficient (Wildman–Crippen LogP) is 4.36. The third kappa shape index (κ3) is 5.21.